The molecule has 1 rings (SSSR count). The first kappa shape index (κ1) is 16.6. The lowest BCUT2D eigenvalue weighted by molar-refractivity contribution is -0.143. The molecule has 0 N–H and O–H groups in total. The molecule has 0 aliphatic heterocycles. The maximum absolute atomic E-state index is 11.7. The van der Waals surface area contributed by atoms with Gasteiger partial charge in [0.2, 0.25) is 0 Å². The van der Waals surface area contributed by atoms with Gasteiger partial charge in [-0.1, -0.05) is 0 Å². The van der Waals surface area contributed by atoms with Crippen molar-refractivity contribution in [1.82, 2.24) is 0 Å². The lowest BCUT2D eigenvalue weighted by Gasteiger charge is -2.09. The summed E-state index contributed by atoms with van der Waals surface area (Å²) in [6.07, 6.45) is 2.84. The van der Waals surface area contributed by atoms with Crippen molar-refractivity contribution in [3.05, 3.63) is 29.3 Å². The zero-order valence-corrected chi connectivity index (χ0v) is 12.9. The van der Waals surface area contributed by atoms with E-state index in [1.54, 1.807) is 37.7 Å². The second-order valence-electron chi connectivity index (χ2n) is 4.05. The molecule has 110 valence electrons. The summed E-state index contributed by atoms with van der Waals surface area (Å²) in [5.41, 5.74) is 1.49. The quantitative estimate of drug-likeness (QED) is 0.571. The number of hydrogen-bond acceptors (Lipinski definition) is 5. The first-order valence-electron chi connectivity index (χ1n) is 6.62. The molecule has 0 aliphatic rings. The first-order valence-corrected chi connectivity index (χ1v) is 7.84. The molecule has 0 fully saturated rings. The number of aryl methyl sites for hydroxylation is 1. The van der Waals surface area contributed by atoms with E-state index < -0.39 is 0 Å². The second-order valence-corrected chi connectivity index (χ2v) is 4.90. The average Bonchev–Trinajstić information content (AvgIpc) is 2.45. The third-order valence-electron chi connectivity index (χ3n) is 2.70. The van der Waals surface area contributed by atoms with Crippen LogP contribution in [-0.2, 0) is 20.7 Å². The third kappa shape index (κ3) is 4.89. The smallest absolute Gasteiger partial charge is 0.338 e. The fraction of sp³-hybridized carbons (Fsp3) is 0.467. The monoisotopic (exact) mass is 296 g/mol. The van der Waals surface area contributed by atoms with Crippen LogP contribution in [0.25, 0.3) is 0 Å². The molecule has 0 heterocycles. The Morgan fingerprint density at radius 2 is 1.85 bits per heavy atom. The SMILES string of the molecule is CCOC(=O)CCc1cc(C(=O)OCC)ccc1SC. The minimum Gasteiger partial charge on any atom is -0.466 e. The molecule has 0 aliphatic carbocycles. The number of carbonyl (C=O) groups is 2. The van der Waals surface area contributed by atoms with Gasteiger partial charge in [-0.15, -0.1) is 11.8 Å². The van der Waals surface area contributed by atoms with Gasteiger partial charge in [-0.2, -0.15) is 0 Å². The fourth-order valence-corrected chi connectivity index (χ4v) is 2.41. The van der Waals surface area contributed by atoms with Crippen molar-refractivity contribution in [2.45, 2.75) is 31.6 Å². The van der Waals surface area contributed by atoms with Crippen LogP contribution in [0.3, 0.4) is 0 Å². The van der Waals surface area contributed by atoms with Gasteiger partial charge in [0.1, 0.15) is 0 Å². The molecule has 0 aromatic heterocycles. The van der Waals surface area contributed by atoms with Gasteiger partial charge in [-0.25, -0.2) is 4.79 Å². The van der Waals surface area contributed by atoms with Crippen molar-refractivity contribution >= 4 is 23.7 Å². The summed E-state index contributed by atoms with van der Waals surface area (Å²) in [6.45, 7) is 4.29. The van der Waals surface area contributed by atoms with E-state index in [2.05, 4.69) is 0 Å². The third-order valence-corrected chi connectivity index (χ3v) is 3.53. The second kappa shape index (κ2) is 8.64. The number of ether oxygens (including phenoxy) is 2. The summed E-state index contributed by atoms with van der Waals surface area (Å²) in [5.74, 6) is -0.557. The molecule has 0 bridgehead atoms. The van der Waals surface area contributed by atoms with Crippen LogP contribution in [0.15, 0.2) is 23.1 Å². The Morgan fingerprint density at radius 3 is 2.45 bits per heavy atom. The van der Waals surface area contributed by atoms with Gasteiger partial charge in [0.25, 0.3) is 0 Å². The first-order chi connectivity index (χ1) is 9.62. The predicted molar refractivity (Wildman–Crippen MR) is 79.1 cm³/mol. The van der Waals surface area contributed by atoms with Crippen LogP contribution < -0.4 is 0 Å². The van der Waals surface area contributed by atoms with Gasteiger partial charge in [-0.3, -0.25) is 4.79 Å². The Morgan fingerprint density at radius 1 is 1.15 bits per heavy atom. The van der Waals surface area contributed by atoms with E-state index >= 15 is 0 Å². The van der Waals surface area contributed by atoms with Gasteiger partial charge in [0.15, 0.2) is 0 Å². The highest BCUT2D eigenvalue weighted by Crippen LogP contribution is 2.23. The maximum Gasteiger partial charge on any atom is 0.338 e. The number of rotatable bonds is 7. The Hall–Kier alpha value is -1.49. The molecule has 0 radical (unpaired) electrons. The number of benzene rings is 1. The summed E-state index contributed by atoms with van der Waals surface area (Å²) in [6, 6.07) is 5.43. The van der Waals surface area contributed by atoms with Crippen molar-refractivity contribution in [2.75, 3.05) is 19.5 Å². The number of hydrogen-bond donors (Lipinski definition) is 0. The average molecular weight is 296 g/mol. The topological polar surface area (TPSA) is 52.6 Å². The van der Waals surface area contributed by atoms with E-state index in [1.807, 2.05) is 12.3 Å². The molecule has 0 unspecified atom stereocenters. The lowest BCUT2D eigenvalue weighted by atomic mass is 10.1. The molecule has 4 nitrogen and oxygen atoms in total. The highest BCUT2D eigenvalue weighted by Gasteiger charge is 2.12. The van der Waals surface area contributed by atoms with Crippen molar-refractivity contribution in [1.29, 1.82) is 0 Å². The predicted octanol–water partition coefficient (Wildman–Crippen LogP) is 3.08. The van der Waals surface area contributed by atoms with E-state index in [4.69, 9.17) is 9.47 Å². The van der Waals surface area contributed by atoms with Crippen molar-refractivity contribution < 1.29 is 19.1 Å². The van der Waals surface area contributed by atoms with Crippen LogP contribution in [-0.4, -0.2) is 31.4 Å². The molecule has 20 heavy (non-hydrogen) atoms. The highest BCUT2D eigenvalue weighted by atomic mass is 32.2. The van der Waals surface area contributed by atoms with Crippen LogP contribution in [0.1, 0.15) is 36.2 Å². The Balaban J connectivity index is 2.83. The fourth-order valence-electron chi connectivity index (χ4n) is 1.79. The number of thioether (sulfide) groups is 1. The summed E-state index contributed by atoms with van der Waals surface area (Å²) in [7, 11) is 0. The van der Waals surface area contributed by atoms with E-state index in [1.165, 1.54) is 0 Å². The maximum atomic E-state index is 11.7. The van der Waals surface area contributed by atoms with Gasteiger partial charge >= 0.3 is 11.9 Å². The van der Waals surface area contributed by atoms with Crippen molar-refractivity contribution in [2.24, 2.45) is 0 Å². The normalized spacial score (nSPS) is 10.2. The molecule has 1 aromatic rings. The zero-order valence-electron chi connectivity index (χ0n) is 12.1. The summed E-state index contributed by atoms with van der Waals surface area (Å²) in [5, 5.41) is 0. The molecule has 0 amide bonds. The minimum absolute atomic E-state index is 0.221. The Labute approximate surface area is 123 Å². The van der Waals surface area contributed by atoms with Crippen molar-refractivity contribution in [3.63, 3.8) is 0 Å². The van der Waals surface area contributed by atoms with E-state index in [0.717, 1.165) is 10.5 Å². The van der Waals surface area contributed by atoms with Crippen LogP contribution in [0, 0.1) is 0 Å². The van der Waals surface area contributed by atoms with Crippen LogP contribution in [0.4, 0.5) is 0 Å². The molecule has 1 aromatic carbocycles. The molecule has 0 spiro atoms. The zero-order chi connectivity index (χ0) is 15.0. The van der Waals surface area contributed by atoms with Gasteiger partial charge in [0.05, 0.1) is 18.8 Å². The molecule has 5 heteroatoms. The van der Waals surface area contributed by atoms with Gasteiger partial charge < -0.3 is 9.47 Å². The number of carbonyl (C=O) groups excluding carboxylic acids is 2. The van der Waals surface area contributed by atoms with Gasteiger partial charge in [0, 0.05) is 11.3 Å². The molecular formula is C15H20O4S. The lowest BCUT2D eigenvalue weighted by Crippen LogP contribution is -2.08. The molecule has 0 saturated carbocycles. The van der Waals surface area contributed by atoms with Crippen LogP contribution >= 0.6 is 11.8 Å². The van der Waals surface area contributed by atoms with Crippen LogP contribution in [0.2, 0.25) is 0 Å². The Kier molecular flexibility index (Phi) is 7.15. The standard InChI is InChI=1S/C15H20O4S/c1-4-18-14(16)9-7-11-10-12(15(17)19-5-2)6-8-13(11)20-3/h6,8,10H,4-5,7,9H2,1-3H3. The van der Waals surface area contributed by atoms with Crippen LogP contribution in [0.5, 0.6) is 0 Å². The van der Waals surface area contributed by atoms with E-state index in [9.17, 15) is 9.59 Å². The number of esters is 2. The van der Waals surface area contributed by atoms with E-state index in [-0.39, 0.29) is 11.9 Å². The van der Waals surface area contributed by atoms with Gasteiger partial charge in [-0.05, 0) is 50.3 Å². The highest BCUT2D eigenvalue weighted by molar-refractivity contribution is 7.98. The van der Waals surface area contributed by atoms with E-state index in [0.29, 0.717) is 31.6 Å². The molecule has 0 atom stereocenters. The largest absolute Gasteiger partial charge is 0.466 e. The summed E-state index contributed by atoms with van der Waals surface area (Å²) < 4.78 is 9.90. The Bertz CT molecular complexity index is 471. The summed E-state index contributed by atoms with van der Waals surface area (Å²) >= 11 is 1.59. The van der Waals surface area contributed by atoms with Crippen molar-refractivity contribution in [3.8, 4) is 0 Å². The summed E-state index contributed by atoms with van der Waals surface area (Å²) in [4.78, 5) is 24.2. The minimum atomic E-state index is -0.336. The molecule has 0 saturated heterocycles. The molecular weight excluding hydrogens is 276 g/mol.